The molecule has 0 saturated heterocycles. The van der Waals surface area contributed by atoms with Gasteiger partial charge in [0.2, 0.25) is 5.91 Å². The third-order valence-corrected chi connectivity index (χ3v) is 3.29. The number of hydrogen-bond acceptors (Lipinski definition) is 2. The zero-order chi connectivity index (χ0) is 12.3. The summed E-state index contributed by atoms with van der Waals surface area (Å²) >= 11 is 0. The van der Waals surface area contributed by atoms with E-state index in [0.29, 0.717) is 12.3 Å². The van der Waals surface area contributed by atoms with E-state index < -0.39 is 0 Å². The van der Waals surface area contributed by atoms with Crippen LogP contribution in [0.15, 0.2) is 24.3 Å². The molecule has 1 amide bonds. The molecule has 17 heavy (non-hydrogen) atoms. The highest BCUT2D eigenvalue weighted by Gasteiger charge is 2.29. The summed E-state index contributed by atoms with van der Waals surface area (Å²) in [5.41, 5.74) is 8.05. The Hall–Kier alpha value is -1.35. The Morgan fingerprint density at radius 2 is 2.06 bits per heavy atom. The van der Waals surface area contributed by atoms with Crippen LogP contribution in [0.2, 0.25) is 0 Å². The normalized spacial score (nSPS) is 16.6. The van der Waals surface area contributed by atoms with Crippen LogP contribution in [0.5, 0.6) is 0 Å². The van der Waals surface area contributed by atoms with Gasteiger partial charge in [0.15, 0.2) is 0 Å². The van der Waals surface area contributed by atoms with Crippen LogP contribution >= 0.6 is 0 Å². The first-order valence-electron chi connectivity index (χ1n) is 6.33. The maximum absolute atomic E-state index is 11.7. The molecule has 1 aliphatic rings. The molecule has 2 rings (SSSR count). The molecule has 0 spiro atoms. The summed E-state index contributed by atoms with van der Waals surface area (Å²) in [5.74, 6) is 0.594. The number of nitrogens with one attached hydrogen (secondary N) is 1. The minimum Gasteiger partial charge on any atom is -0.327 e. The molecule has 3 heteroatoms. The number of rotatable bonds is 5. The average Bonchev–Trinajstić information content (AvgIpc) is 3.13. The molecule has 1 aliphatic carbocycles. The number of aryl methyl sites for hydroxylation is 1. The second-order valence-corrected chi connectivity index (χ2v) is 4.80. The molecule has 1 saturated carbocycles. The summed E-state index contributed by atoms with van der Waals surface area (Å²) in [6.45, 7) is 2.11. The van der Waals surface area contributed by atoms with Crippen molar-refractivity contribution in [3.05, 3.63) is 29.8 Å². The highest BCUT2D eigenvalue weighted by Crippen LogP contribution is 2.32. The molecular weight excluding hydrogens is 212 g/mol. The first-order chi connectivity index (χ1) is 8.19. The van der Waals surface area contributed by atoms with Crippen molar-refractivity contribution in [2.24, 2.45) is 11.7 Å². The molecule has 3 nitrogen and oxygen atoms in total. The zero-order valence-corrected chi connectivity index (χ0v) is 10.3. The molecule has 1 atom stereocenters. The van der Waals surface area contributed by atoms with Crippen LogP contribution in [-0.4, -0.2) is 11.9 Å². The summed E-state index contributed by atoms with van der Waals surface area (Å²) in [6.07, 6.45) is 3.81. The second kappa shape index (κ2) is 5.32. The number of carbonyl (C=O) groups excluding carboxylic acids is 1. The fourth-order valence-electron chi connectivity index (χ4n) is 1.94. The van der Waals surface area contributed by atoms with E-state index in [2.05, 4.69) is 12.2 Å². The molecule has 0 heterocycles. The molecule has 3 N–H and O–H groups in total. The Morgan fingerprint density at radius 3 is 2.59 bits per heavy atom. The van der Waals surface area contributed by atoms with E-state index in [1.807, 2.05) is 24.3 Å². The van der Waals surface area contributed by atoms with E-state index in [1.54, 1.807) is 0 Å². The number of amides is 1. The predicted octanol–water partition coefficient (Wildman–Crippen LogP) is 2.31. The summed E-state index contributed by atoms with van der Waals surface area (Å²) in [4.78, 5) is 11.7. The number of anilines is 1. The molecule has 1 aromatic carbocycles. The highest BCUT2D eigenvalue weighted by atomic mass is 16.1. The van der Waals surface area contributed by atoms with Crippen molar-refractivity contribution in [3.63, 3.8) is 0 Å². The van der Waals surface area contributed by atoms with Gasteiger partial charge >= 0.3 is 0 Å². The number of carbonyl (C=O) groups is 1. The second-order valence-electron chi connectivity index (χ2n) is 4.80. The third-order valence-electron chi connectivity index (χ3n) is 3.29. The van der Waals surface area contributed by atoms with Crippen molar-refractivity contribution in [3.8, 4) is 0 Å². The quantitative estimate of drug-likeness (QED) is 0.818. The van der Waals surface area contributed by atoms with Crippen LogP contribution in [0.4, 0.5) is 5.69 Å². The molecule has 0 bridgehead atoms. The van der Waals surface area contributed by atoms with Crippen LogP contribution in [0.25, 0.3) is 0 Å². The Bertz CT molecular complexity index is 382. The van der Waals surface area contributed by atoms with E-state index in [9.17, 15) is 4.79 Å². The van der Waals surface area contributed by atoms with Crippen LogP contribution in [-0.2, 0) is 11.2 Å². The van der Waals surface area contributed by atoms with Crippen molar-refractivity contribution in [1.29, 1.82) is 0 Å². The molecular formula is C14H20N2O. The minimum atomic E-state index is 0.0219. The third kappa shape index (κ3) is 3.56. The molecule has 1 aromatic rings. The molecule has 1 unspecified atom stereocenters. The molecule has 0 aliphatic heterocycles. The van der Waals surface area contributed by atoms with E-state index >= 15 is 0 Å². The lowest BCUT2D eigenvalue weighted by atomic mass is 10.1. The molecule has 1 fully saturated rings. The Morgan fingerprint density at radius 1 is 1.41 bits per heavy atom. The first kappa shape index (κ1) is 12.1. The summed E-state index contributed by atoms with van der Waals surface area (Å²) in [7, 11) is 0. The average molecular weight is 232 g/mol. The lowest BCUT2D eigenvalue weighted by Crippen LogP contribution is -2.28. The monoisotopic (exact) mass is 232 g/mol. The maximum atomic E-state index is 11.7. The summed E-state index contributed by atoms with van der Waals surface area (Å²) in [6, 6.07) is 8.00. The number of benzene rings is 1. The molecule has 0 radical (unpaired) electrons. The van der Waals surface area contributed by atoms with Gasteiger partial charge in [-0.25, -0.2) is 0 Å². The van der Waals surface area contributed by atoms with Gasteiger partial charge in [-0.1, -0.05) is 19.1 Å². The van der Waals surface area contributed by atoms with Crippen LogP contribution < -0.4 is 11.1 Å². The van der Waals surface area contributed by atoms with Crippen LogP contribution in [0.1, 0.15) is 31.7 Å². The van der Waals surface area contributed by atoms with Crippen molar-refractivity contribution in [1.82, 2.24) is 0 Å². The van der Waals surface area contributed by atoms with E-state index in [1.165, 1.54) is 18.4 Å². The van der Waals surface area contributed by atoms with Gasteiger partial charge in [-0.05, 0) is 42.9 Å². The maximum Gasteiger partial charge on any atom is 0.225 e. The van der Waals surface area contributed by atoms with Crippen LogP contribution in [0, 0.1) is 5.92 Å². The first-order valence-corrected chi connectivity index (χ1v) is 6.33. The van der Waals surface area contributed by atoms with E-state index in [4.69, 9.17) is 5.73 Å². The summed E-state index contributed by atoms with van der Waals surface area (Å²) in [5, 5.41) is 2.89. The van der Waals surface area contributed by atoms with Gasteiger partial charge in [-0.2, -0.15) is 0 Å². The Kier molecular flexibility index (Phi) is 3.79. The van der Waals surface area contributed by atoms with Gasteiger partial charge < -0.3 is 11.1 Å². The topological polar surface area (TPSA) is 55.1 Å². The number of hydrogen-bond donors (Lipinski definition) is 2. The van der Waals surface area contributed by atoms with Crippen molar-refractivity contribution in [2.45, 2.75) is 38.6 Å². The SMILES string of the molecule is CCc1ccc(NC(=O)CC(N)C2CC2)cc1. The lowest BCUT2D eigenvalue weighted by molar-refractivity contribution is -0.116. The van der Waals surface area contributed by atoms with Gasteiger partial charge in [0.1, 0.15) is 0 Å². The minimum absolute atomic E-state index is 0.0219. The Labute approximate surface area is 102 Å². The highest BCUT2D eigenvalue weighted by molar-refractivity contribution is 5.91. The fraction of sp³-hybridized carbons (Fsp3) is 0.500. The molecule has 92 valence electrons. The lowest BCUT2D eigenvalue weighted by Gasteiger charge is -2.10. The standard InChI is InChI=1S/C14H20N2O/c1-2-10-3-7-12(8-4-10)16-14(17)9-13(15)11-5-6-11/h3-4,7-8,11,13H,2,5-6,9,15H2,1H3,(H,16,17). The zero-order valence-electron chi connectivity index (χ0n) is 10.3. The van der Waals surface area contributed by atoms with Gasteiger partial charge in [-0.15, -0.1) is 0 Å². The largest absolute Gasteiger partial charge is 0.327 e. The molecule has 0 aromatic heterocycles. The van der Waals surface area contributed by atoms with Crippen LogP contribution in [0.3, 0.4) is 0 Å². The summed E-state index contributed by atoms with van der Waals surface area (Å²) < 4.78 is 0. The van der Waals surface area contributed by atoms with Crippen molar-refractivity contribution < 1.29 is 4.79 Å². The van der Waals surface area contributed by atoms with Gasteiger partial charge in [-0.3, -0.25) is 4.79 Å². The number of nitrogens with two attached hydrogens (primary N) is 1. The van der Waals surface area contributed by atoms with Crippen molar-refractivity contribution >= 4 is 11.6 Å². The van der Waals surface area contributed by atoms with E-state index in [-0.39, 0.29) is 11.9 Å². The van der Waals surface area contributed by atoms with Gasteiger partial charge in [0.05, 0.1) is 0 Å². The fourth-order valence-corrected chi connectivity index (χ4v) is 1.94. The smallest absolute Gasteiger partial charge is 0.225 e. The van der Waals surface area contributed by atoms with E-state index in [0.717, 1.165) is 12.1 Å². The van der Waals surface area contributed by atoms with Gasteiger partial charge in [0.25, 0.3) is 0 Å². The van der Waals surface area contributed by atoms with Gasteiger partial charge in [0, 0.05) is 18.2 Å². The van der Waals surface area contributed by atoms with Crippen molar-refractivity contribution in [2.75, 3.05) is 5.32 Å². The predicted molar refractivity (Wildman–Crippen MR) is 69.8 cm³/mol. The Balaban J connectivity index is 1.84.